The highest BCUT2D eigenvalue weighted by molar-refractivity contribution is 6.32. The predicted molar refractivity (Wildman–Crippen MR) is 83.7 cm³/mol. The van der Waals surface area contributed by atoms with Crippen LogP contribution in [0.2, 0.25) is 5.15 Å². The van der Waals surface area contributed by atoms with Gasteiger partial charge in [0.1, 0.15) is 16.8 Å². The van der Waals surface area contributed by atoms with Crippen LogP contribution in [0.4, 0.5) is 14.5 Å². The van der Waals surface area contributed by atoms with Gasteiger partial charge in [-0.1, -0.05) is 11.6 Å². The van der Waals surface area contributed by atoms with Crippen LogP contribution in [0.25, 0.3) is 0 Å². The van der Waals surface area contributed by atoms with Gasteiger partial charge < -0.3 is 10.2 Å². The lowest BCUT2D eigenvalue weighted by atomic mass is 10.2. The van der Waals surface area contributed by atoms with E-state index in [1.807, 2.05) is 0 Å². The lowest BCUT2D eigenvalue weighted by Crippen LogP contribution is -2.37. The van der Waals surface area contributed by atoms with Gasteiger partial charge in [-0.3, -0.25) is 4.79 Å². The van der Waals surface area contributed by atoms with E-state index in [1.165, 1.54) is 18.3 Å². The van der Waals surface area contributed by atoms with Gasteiger partial charge in [0.05, 0.1) is 11.3 Å². The molecule has 0 unspecified atom stereocenters. The molecular formula is C16H14ClF2N3O. The van der Waals surface area contributed by atoms with E-state index in [1.54, 1.807) is 17.0 Å². The zero-order valence-corrected chi connectivity index (χ0v) is 12.9. The highest BCUT2D eigenvalue weighted by Gasteiger charge is 2.26. The van der Waals surface area contributed by atoms with Crippen molar-refractivity contribution in [1.29, 1.82) is 0 Å². The van der Waals surface area contributed by atoms with Crippen LogP contribution in [0.3, 0.4) is 0 Å². The average molecular weight is 338 g/mol. The number of carbonyl (C=O) groups excluding carboxylic acids is 1. The smallest absolute Gasteiger partial charge is 0.254 e. The minimum atomic E-state index is -0.610. The van der Waals surface area contributed by atoms with Gasteiger partial charge in [-0.05, 0) is 30.7 Å². The monoisotopic (exact) mass is 337 g/mol. The van der Waals surface area contributed by atoms with Gasteiger partial charge in [0, 0.05) is 31.4 Å². The molecule has 2 heterocycles. The maximum atomic E-state index is 13.8. The number of amides is 1. The van der Waals surface area contributed by atoms with Gasteiger partial charge in [-0.15, -0.1) is 0 Å². The molecule has 2 aromatic rings. The number of rotatable bonds is 3. The molecule has 7 heteroatoms. The molecule has 4 nitrogen and oxygen atoms in total. The predicted octanol–water partition coefficient (Wildman–Crippen LogP) is 3.02. The Morgan fingerprint density at radius 3 is 2.91 bits per heavy atom. The summed E-state index contributed by atoms with van der Waals surface area (Å²) >= 11 is 5.90. The Morgan fingerprint density at radius 1 is 1.35 bits per heavy atom. The molecule has 0 bridgehead atoms. The van der Waals surface area contributed by atoms with Crippen LogP contribution < -0.4 is 10.2 Å². The summed E-state index contributed by atoms with van der Waals surface area (Å²) in [5.41, 5.74) is 0.642. The molecule has 23 heavy (non-hydrogen) atoms. The SMILES string of the molecule is O=C(N[C@H]1CCN(c2ccc(F)cc2F)C1)c1cccnc1Cl. The van der Waals surface area contributed by atoms with Crippen LogP contribution in [-0.4, -0.2) is 30.0 Å². The van der Waals surface area contributed by atoms with Crippen LogP contribution in [0.1, 0.15) is 16.8 Å². The summed E-state index contributed by atoms with van der Waals surface area (Å²) in [5, 5.41) is 3.01. The molecule has 120 valence electrons. The number of pyridine rings is 1. The highest BCUT2D eigenvalue weighted by atomic mass is 35.5. The maximum Gasteiger partial charge on any atom is 0.254 e. The Balaban J connectivity index is 1.66. The summed E-state index contributed by atoms with van der Waals surface area (Å²) in [6, 6.07) is 6.58. The number of hydrogen-bond donors (Lipinski definition) is 1. The molecule has 0 spiro atoms. The average Bonchev–Trinajstić information content (AvgIpc) is 2.95. The third-order valence-corrected chi connectivity index (χ3v) is 4.08. The molecule has 1 atom stereocenters. The molecule has 1 aliphatic heterocycles. The van der Waals surface area contributed by atoms with E-state index in [0.717, 1.165) is 6.07 Å². The Hall–Kier alpha value is -2.21. The van der Waals surface area contributed by atoms with Crippen LogP contribution in [0, 0.1) is 11.6 Å². The van der Waals surface area contributed by atoms with Crippen LogP contribution in [-0.2, 0) is 0 Å². The first-order chi connectivity index (χ1) is 11.0. The van der Waals surface area contributed by atoms with Gasteiger partial charge in [0.2, 0.25) is 0 Å². The van der Waals surface area contributed by atoms with Gasteiger partial charge >= 0.3 is 0 Å². The van der Waals surface area contributed by atoms with Crippen molar-refractivity contribution in [1.82, 2.24) is 10.3 Å². The molecule has 1 N–H and O–H groups in total. The summed E-state index contributed by atoms with van der Waals surface area (Å²) in [5.74, 6) is -1.52. The second-order valence-electron chi connectivity index (χ2n) is 5.34. The topological polar surface area (TPSA) is 45.2 Å². The highest BCUT2D eigenvalue weighted by Crippen LogP contribution is 2.24. The van der Waals surface area contributed by atoms with Gasteiger partial charge in [0.15, 0.2) is 0 Å². The van der Waals surface area contributed by atoms with Crippen LogP contribution >= 0.6 is 11.6 Å². The normalized spacial score (nSPS) is 17.3. The van der Waals surface area contributed by atoms with E-state index >= 15 is 0 Å². The quantitative estimate of drug-likeness (QED) is 0.876. The van der Waals surface area contributed by atoms with Crippen LogP contribution in [0.15, 0.2) is 36.5 Å². The summed E-state index contributed by atoms with van der Waals surface area (Å²) in [6.45, 7) is 1.03. The molecule has 1 fully saturated rings. The molecule has 0 aliphatic carbocycles. The van der Waals surface area contributed by atoms with Gasteiger partial charge in [0.25, 0.3) is 5.91 Å². The molecule has 1 aromatic heterocycles. The first-order valence-electron chi connectivity index (χ1n) is 7.16. The molecule has 0 saturated carbocycles. The summed E-state index contributed by atoms with van der Waals surface area (Å²) < 4.78 is 26.8. The Labute approximate surface area is 137 Å². The van der Waals surface area contributed by atoms with Crippen molar-refractivity contribution < 1.29 is 13.6 Å². The van der Waals surface area contributed by atoms with E-state index in [9.17, 15) is 13.6 Å². The number of nitrogens with one attached hydrogen (secondary N) is 1. The fourth-order valence-corrected chi connectivity index (χ4v) is 2.86. The van der Waals surface area contributed by atoms with Gasteiger partial charge in [-0.2, -0.15) is 0 Å². The second kappa shape index (κ2) is 6.50. The number of aromatic nitrogens is 1. The minimum absolute atomic E-state index is 0.136. The third kappa shape index (κ3) is 3.42. The Kier molecular flexibility index (Phi) is 4.43. The first-order valence-corrected chi connectivity index (χ1v) is 7.54. The second-order valence-corrected chi connectivity index (χ2v) is 5.70. The molecule has 0 radical (unpaired) electrons. The zero-order valence-electron chi connectivity index (χ0n) is 12.1. The Morgan fingerprint density at radius 2 is 2.17 bits per heavy atom. The molecular weight excluding hydrogens is 324 g/mol. The molecule has 1 saturated heterocycles. The molecule has 3 rings (SSSR count). The van der Waals surface area contributed by atoms with E-state index in [2.05, 4.69) is 10.3 Å². The number of halogens is 3. The van der Waals surface area contributed by atoms with Crippen molar-refractivity contribution in [3.8, 4) is 0 Å². The molecule has 1 aromatic carbocycles. The number of benzene rings is 1. The fourth-order valence-electron chi connectivity index (χ4n) is 2.65. The minimum Gasteiger partial charge on any atom is -0.367 e. The van der Waals surface area contributed by atoms with Crippen molar-refractivity contribution in [2.24, 2.45) is 0 Å². The van der Waals surface area contributed by atoms with Crippen molar-refractivity contribution >= 4 is 23.2 Å². The summed E-state index contributed by atoms with van der Waals surface area (Å²) in [4.78, 5) is 17.8. The van der Waals surface area contributed by atoms with E-state index in [4.69, 9.17) is 11.6 Å². The lowest BCUT2D eigenvalue weighted by Gasteiger charge is -2.19. The van der Waals surface area contributed by atoms with E-state index in [0.29, 0.717) is 30.8 Å². The molecule has 1 amide bonds. The number of anilines is 1. The number of carbonyl (C=O) groups is 1. The number of nitrogens with zero attached hydrogens (tertiary/aromatic N) is 2. The summed E-state index contributed by atoms with van der Waals surface area (Å²) in [7, 11) is 0. The lowest BCUT2D eigenvalue weighted by molar-refractivity contribution is 0.0940. The summed E-state index contributed by atoms with van der Waals surface area (Å²) in [6.07, 6.45) is 2.17. The van der Waals surface area contributed by atoms with Crippen molar-refractivity contribution in [2.45, 2.75) is 12.5 Å². The zero-order chi connectivity index (χ0) is 16.4. The Bertz CT molecular complexity index is 741. The largest absolute Gasteiger partial charge is 0.367 e. The van der Waals surface area contributed by atoms with Crippen LogP contribution in [0.5, 0.6) is 0 Å². The van der Waals surface area contributed by atoms with E-state index in [-0.39, 0.29) is 17.1 Å². The first kappa shape index (κ1) is 15.7. The van der Waals surface area contributed by atoms with E-state index < -0.39 is 11.6 Å². The standard InChI is InChI=1S/C16H14ClF2N3O/c17-15-12(2-1-6-20-15)16(23)21-11-5-7-22(9-11)14-4-3-10(18)8-13(14)19/h1-4,6,8,11H,5,7,9H2,(H,21,23)/t11-/m0/s1. The fraction of sp³-hybridized carbons (Fsp3) is 0.250. The van der Waals surface area contributed by atoms with Crippen molar-refractivity contribution in [3.63, 3.8) is 0 Å². The number of hydrogen-bond acceptors (Lipinski definition) is 3. The maximum absolute atomic E-state index is 13.8. The molecule has 1 aliphatic rings. The van der Waals surface area contributed by atoms with Crippen molar-refractivity contribution in [2.75, 3.05) is 18.0 Å². The van der Waals surface area contributed by atoms with Crippen molar-refractivity contribution in [3.05, 3.63) is 58.9 Å². The third-order valence-electron chi connectivity index (χ3n) is 3.78. The van der Waals surface area contributed by atoms with Gasteiger partial charge in [-0.25, -0.2) is 13.8 Å².